The highest BCUT2D eigenvalue weighted by Crippen LogP contribution is 2.28. The summed E-state index contributed by atoms with van der Waals surface area (Å²) in [5, 5.41) is 24.0. The van der Waals surface area contributed by atoms with Gasteiger partial charge >= 0.3 is 5.69 Å². The Balaban J connectivity index is 2.04. The lowest BCUT2D eigenvalue weighted by Crippen LogP contribution is -2.20. The Morgan fingerprint density at radius 1 is 1.16 bits per heavy atom. The highest BCUT2D eigenvalue weighted by molar-refractivity contribution is 6.34. The van der Waals surface area contributed by atoms with Crippen molar-refractivity contribution in [1.82, 2.24) is 0 Å². The van der Waals surface area contributed by atoms with Gasteiger partial charge in [0.15, 0.2) is 12.4 Å². The molecule has 0 atom stereocenters. The van der Waals surface area contributed by atoms with Gasteiger partial charge in [0.1, 0.15) is 0 Å². The van der Waals surface area contributed by atoms with Gasteiger partial charge < -0.3 is 10.1 Å². The van der Waals surface area contributed by atoms with Crippen molar-refractivity contribution in [3.05, 3.63) is 67.2 Å². The normalized spacial score (nSPS) is 10.2. The summed E-state index contributed by atoms with van der Waals surface area (Å²) in [5.74, 6) is -0.661. The van der Waals surface area contributed by atoms with Crippen LogP contribution < -0.4 is 10.1 Å². The lowest BCUT2D eigenvalue weighted by Gasteiger charge is -2.09. The fraction of sp³-hybridized carbons (Fsp3) is 0.133. The number of halogens is 1. The standard InChI is InChI=1S/C15H12ClN3O6/c1-9-2-5-14(13(6-9)19(23)24)25-8-15(20)17-12-4-3-10(18(21)22)7-11(12)16/h2-7H,8H2,1H3,(H,17,20). The Labute approximate surface area is 146 Å². The minimum absolute atomic E-state index is 0.0103. The molecule has 2 aromatic rings. The van der Waals surface area contributed by atoms with Crippen molar-refractivity contribution in [2.45, 2.75) is 6.92 Å². The molecule has 0 fully saturated rings. The number of nitro groups is 2. The van der Waals surface area contributed by atoms with Crippen molar-refractivity contribution in [2.75, 3.05) is 11.9 Å². The van der Waals surface area contributed by atoms with Crippen LogP contribution in [0.2, 0.25) is 5.02 Å². The third-order valence-electron chi connectivity index (χ3n) is 3.11. The summed E-state index contributed by atoms with van der Waals surface area (Å²) in [6, 6.07) is 7.93. The first kappa shape index (κ1) is 18.1. The van der Waals surface area contributed by atoms with Crippen molar-refractivity contribution in [1.29, 1.82) is 0 Å². The van der Waals surface area contributed by atoms with E-state index >= 15 is 0 Å². The minimum atomic E-state index is -0.620. The summed E-state index contributed by atoms with van der Waals surface area (Å²) >= 11 is 5.87. The molecule has 0 aliphatic rings. The number of non-ortho nitro benzene ring substituents is 1. The van der Waals surface area contributed by atoms with Crippen LogP contribution in [0, 0.1) is 27.2 Å². The molecular formula is C15H12ClN3O6. The molecule has 2 aromatic carbocycles. The Morgan fingerprint density at radius 3 is 2.48 bits per heavy atom. The largest absolute Gasteiger partial charge is 0.477 e. The van der Waals surface area contributed by atoms with Crippen molar-refractivity contribution >= 4 is 34.6 Å². The maximum Gasteiger partial charge on any atom is 0.311 e. The average Bonchev–Trinajstić information content (AvgIpc) is 2.55. The van der Waals surface area contributed by atoms with Gasteiger partial charge in [-0.05, 0) is 24.6 Å². The number of nitrogens with one attached hydrogen (secondary N) is 1. The monoisotopic (exact) mass is 365 g/mol. The number of carbonyl (C=O) groups excluding carboxylic acids is 1. The topological polar surface area (TPSA) is 125 Å². The summed E-state index contributed by atoms with van der Waals surface area (Å²) in [6.45, 7) is 1.21. The molecule has 2 rings (SSSR count). The number of nitrogens with zero attached hydrogens (tertiary/aromatic N) is 2. The first-order valence-corrected chi connectivity index (χ1v) is 7.27. The van der Waals surface area contributed by atoms with E-state index in [0.29, 0.717) is 5.56 Å². The smallest absolute Gasteiger partial charge is 0.311 e. The molecule has 0 spiro atoms. The number of hydrogen-bond donors (Lipinski definition) is 1. The number of hydrogen-bond acceptors (Lipinski definition) is 6. The Kier molecular flexibility index (Phi) is 5.50. The molecule has 0 saturated heterocycles. The van der Waals surface area contributed by atoms with Crippen LogP contribution in [0.3, 0.4) is 0 Å². The Morgan fingerprint density at radius 2 is 1.88 bits per heavy atom. The van der Waals surface area contributed by atoms with Crippen LogP contribution in [0.25, 0.3) is 0 Å². The van der Waals surface area contributed by atoms with Crippen LogP contribution >= 0.6 is 11.6 Å². The Hall–Kier alpha value is -3.20. The van der Waals surface area contributed by atoms with Crippen LogP contribution in [0.1, 0.15) is 5.56 Å². The summed E-state index contributed by atoms with van der Waals surface area (Å²) in [7, 11) is 0. The molecule has 130 valence electrons. The fourth-order valence-corrected chi connectivity index (χ4v) is 2.16. The lowest BCUT2D eigenvalue weighted by atomic mass is 10.2. The predicted octanol–water partition coefficient (Wildman–Crippen LogP) is 3.48. The fourth-order valence-electron chi connectivity index (χ4n) is 1.94. The van der Waals surface area contributed by atoms with E-state index in [0.717, 1.165) is 6.07 Å². The van der Waals surface area contributed by atoms with Gasteiger partial charge in [0.25, 0.3) is 11.6 Å². The summed E-state index contributed by atoms with van der Waals surface area (Å²) in [4.78, 5) is 32.3. The molecule has 0 heterocycles. The van der Waals surface area contributed by atoms with Gasteiger partial charge in [-0.2, -0.15) is 0 Å². The third-order valence-corrected chi connectivity index (χ3v) is 3.42. The summed E-state index contributed by atoms with van der Waals surface area (Å²) < 4.78 is 5.18. The lowest BCUT2D eigenvalue weighted by molar-refractivity contribution is -0.385. The van der Waals surface area contributed by atoms with E-state index < -0.39 is 22.4 Å². The van der Waals surface area contributed by atoms with Crippen LogP contribution in [0.5, 0.6) is 5.75 Å². The van der Waals surface area contributed by atoms with Crippen LogP contribution in [0.15, 0.2) is 36.4 Å². The van der Waals surface area contributed by atoms with Crippen LogP contribution in [-0.4, -0.2) is 22.4 Å². The molecule has 10 heteroatoms. The number of amides is 1. The molecular weight excluding hydrogens is 354 g/mol. The number of ether oxygens (including phenoxy) is 1. The molecule has 25 heavy (non-hydrogen) atoms. The summed E-state index contributed by atoms with van der Waals surface area (Å²) in [5.41, 5.74) is 0.385. The molecule has 1 N–H and O–H groups in total. The molecule has 0 radical (unpaired) electrons. The van der Waals surface area contributed by atoms with Gasteiger partial charge in [-0.1, -0.05) is 17.7 Å². The van der Waals surface area contributed by atoms with Crippen molar-refractivity contribution < 1.29 is 19.4 Å². The Bertz CT molecular complexity index is 855. The van der Waals surface area contributed by atoms with E-state index in [-0.39, 0.29) is 27.8 Å². The van der Waals surface area contributed by atoms with E-state index in [9.17, 15) is 25.0 Å². The van der Waals surface area contributed by atoms with Gasteiger partial charge in [0.05, 0.1) is 20.6 Å². The molecule has 1 amide bonds. The number of carbonyl (C=O) groups is 1. The van der Waals surface area contributed by atoms with Gasteiger partial charge in [-0.15, -0.1) is 0 Å². The maximum absolute atomic E-state index is 11.9. The SMILES string of the molecule is Cc1ccc(OCC(=O)Nc2ccc([N+](=O)[O-])cc2Cl)c([N+](=O)[O-])c1. The zero-order chi connectivity index (χ0) is 18.6. The predicted molar refractivity (Wildman–Crippen MR) is 90.1 cm³/mol. The third kappa shape index (κ3) is 4.64. The maximum atomic E-state index is 11.9. The molecule has 0 aliphatic carbocycles. The van der Waals surface area contributed by atoms with Gasteiger partial charge in [-0.3, -0.25) is 25.0 Å². The number of rotatable bonds is 6. The number of aryl methyl sites for hydroxylation is 1. The second kappa shape index (κ2) is 7.58. The first-order valence-electron chi connectivity index (χ1n) is 6.89. The van der Waals surface area contributed by atoms with Crippen molar-refractivity contribution in [2.24, 2.45) is 0 Å². The molecule has 0 unspecified atom stereocenters. The second-order valence-electron chi connectivity index (χ2n) is 4.99. The van der Waals surface area contributed by atoms with Crippen LogP contribution in [0.4, 0.5) is 17.1 Å². The van der Waals surface area contributed by atoms with E-state index in [1.165, 1.54) is 24.3 Å². The van der Waals surface area contributed by atoms with Gasteiger partial charge in [-0.25, -0.2) is 0 Å². The number of nitro benzene ring substituents is 2. The van der Waals surface area contributed by atoms with E-state index in [4.69, 9.17) is 16.3 Å². The van der Waals surface area contributed by atoms with Gasteiger partial charge in [0, 0.05) is 18.2 Å². The molecule has 9 nitrogen and oxygen atoms in total. The first-order chi connectivity index (χ1) is 11.8. The van der Waals surface area contributed by atoms with Crippen LogP contribution in [-0.2, 0) is 4.79 Å². The average molecular weight is 366 g/mol. The van der Waals surface area contributed by atoms with E-state index in [1.54, 1.807) is 13.0 Å². The van der Waals surface area contributed by atoms with Crippen molar-refractivity contribution in [3.63, 3.8) is 0 Å². The minimum Gasteiger partial charge on any atom is -0.477 e. The molecule has 0 saturated carbocycles. The highest BCUT2D eigenvalue weighted by Gasteiger charge is 2.17. The number of benzene rings is 2. The van der Waals surface area contributed by atoms with Gasteiger partial charge in [0.2, 0.25) is 0 Å². The van der Waals surface area contributed by atoms with E-state index in [2.05, 4.69) is 5.32 Å². The zero-order valence-electron chi connectivity index (χ0n) is 12.9. The second-order valence-corrected chi connectivity index (χ2v) is 5.39. The number of anilines is 1. The molecule has 0 bridgehead atoms. The quantitative estimate of drug-likeness (QED) is 0.617. The van der Waals surface area contributed by atoms with E-state index in [1.807, 2.05) is 0 Å². The highest BCUT2D eigenvalue weighted by atomic mass is 35.5. The zero-order valence-corrected chi connectivity index (χ0v) is 13.6. The van der Waals surface area contributed by atoms with Crippen molar-refractivity contribution in [3.8, 4) is 5.75 Å². The summed E-state index contributed by atoms with van der Waals surface area (Å²) in [6.07, 6.45) is 0. The molecule has 0 aromatic heterocycles. The molecule has 0 aliphatic heterocycles.